The summed E-state index contributed by atoms with van der Waals surface area (Å²) in [5.41, 5.74) is 25.6. The number of fused-ring (bicyclic) bond motifs is 8. The van der Waals surface area contributed by atoms with E-state index in [-0.39, 0.29) is 71.7 Å². The van der Waals surface area contributed by atoms with Crippen molar-refractivity contribution in [1.29, 1.82) is 0 Å². The van der Waals surface area contributed by atoms with Gasteiger partial charge in [-0.25, -0.2) is 0 Å². The number of nitrogens with two attached hydrogens (primary N) is 4. The van der Waals surface area contributed by atoms with E-state index in [2.05, 4.69) is 153 Å². The van der Waals surface area contributed by atoms with Gasteiger partial charge in [-0.05, 0) is 170 Å². The van der Waals surface area contributed by atoms with Gasteiger partial charge in [0.15, 0.2) is 26.4 Å². The second-order valence-corrected chi connectivity index (χ2v) is 29.5. The predicted octanol–water partition coefficient (Wildman–Crippen LogP) is 10.7. The third-order valence-electron chi connectivity index (χ3n) is 13.6. The molecule has 20 heteroatoms. The van der Waals surface area contributed by atoms with E-state index in [0.717, 1.165) is 73.6 Å². The number of hydrogen-bond acceptors (Lipinski definition) is 16. The van der Waals surface area contributed by atoms with Crippen molar-refractivity contribution in [3.63, 3.8) is 0 Å². The second kappa shape index (κ2) is 32.8. The fourth-order valence-electron chi connectivity index (χ4n) is 8.43. The molecule has 16 nitrogen and oxygen atoms in total. The summed E-state index contributed by atoms with van der Waals surface area (Å²) < 4.78 is 27.4. The molecule has 0 aliphatic carbocycles. The molecule has 8 bridgehead atoms. The smallest absolute Gasteiger partial charge is 0.257 e. The monoisotopic (exact) mass is 1230 g/mol. The Kier molecular flexibility index (Phi) is 27.3. The van der Waals surface area contributed by atoms with E-state index in [1.165, 1.54) is 47.0 Å². The van der Waals surface area contributed by atoms with Gasteiger partial charge in [-0.1, -0.05) is 130 Å². The summed E-state index contributed by atoms with van der Waals surface area (Å²) in [6, 6.07) is 16.9. The lowest BCUT2D eigenvalue weighted by Crippen LogP contribution is -2.30. The van der Waals surface area contributed by atoms with Crippen LogP contribution in [0.15, 0.2) is 87.7 Å². The van der Waals surface area contributed by atoms with Gasteiger partial charge in [0.1, 0.15) is 23.0 Å². The SMILES string of the molecule is CC(C)(C)c1cc2c(OCC(=O)NCCCCN)c(c1)Sc1cc(C(C)(C)C)cc(c1OCC(=O)NCCCCN)Sc1cc(C(C)(C)C)cc(c1OCC(=O)NCCCCN)Sc1cc(C(C)(C)C)cc(c1OCC(=O)NCCCCN)S2. The van der Waals surface area contributed by atoms with Crippen LogP contribution in [0.2, 0.25) is 0 Å². The summed E-state index contributed by atoms with van der Waals surface area (Å²) in [7, 11) is 0. The molecule has 0 saturated heterocycles. The number of carbonyl (C=O) groups excluding carboxylic acids is 4. The second-order valence-electron chi connectivity index (χ2n) is 25.2. The third-order valence-corrected chi connectivity index (χ3v) is 17.8. The molecule has 0 radical (unpaired) electrons. The van der Waals surface area contributed by atoms with Gasteiger partial charge < -0.3 is 63.1 Å². The molecule has 1 aliphatic heterocycles. The Morgan fingerprint density at radius 1 is 0.321 bits per heavy atom. The van der Waals surface area contributed by atoms with Crippen molar-refractivity contribution in [3.8, 4) is 23.0 Å². The lowest BCUT2D eigenvalue weighted by molar-refractivity contribution is -0.123. The highest BCUT2D eigenvalue weighted by molar-refractivity contribution is 8.01. The first-order chi connectivity index (χ1) is 39.7. The van der Waals surface area contributed by atoms with Crippen LogP contribution in [0, 0.1) is 0 Å². The molecule has 1 heterocycles. The predicted molar refractivity (Wildman–Crippen MR) is 344 cm³/mol. The Labute approximate surface area is 517 Å². The van der Waals surface area contributed by atoms with E-state index in [0.29, 0.717) is 115 Å². The first-order valence-electron chi connectivity index (χ1n) is 29.5. The number of nitrogens with one attached hydrogen (secondary N) is 4. The van der Waals surface area contributed by atoms with Crippen molar-refractivity contribution >= 4 is 70.7 Å². The average Bonchev–Trinajstić information content (AvgIpc) is 2.56. The van der Waals surface area contributed by atoms with Gasteiger partial charge in [-0.15, -0.1) is 0 Å². The number of carbonyl (C=O) groups is 4. The minimum absolute atomic E-state index is 0.286. The van der Waals surface area contributed by atoms with E-state index in [1.54, 1.807) is 0 Å². The van der Waals surface area contributed by atoms with Crippen LogP contribution in [-0.2, 0) is 40.8 Å². The van der Waals surface area contributed by atoms with Crippen molar-refractivity contribution in [2.75, 3.05) is 78.8 Å². The van der Waals surface area contributed by atoms with E-state index in [9.17, 15) is 19.2 Å². The van der Waals surface area contributed by atoms with E-state index in [4.69, 9.17) is 41.9 Å². The standard InChI is InChI=1S/C64H96N8O8S4/c1-61(2,3)41-29-45-57(77-37-53(73)69-25-17-13-21-65)46(30-41)82-48-32-43(63(7,8)9)34-50(59(48)79-39-55(75)71-27-19-15-23-67)84-52-36-44(64(10,11)12)35-51(60(52)80-40-56(76)72-28-20-16-24-68)83-49-33-42(62(4,5)6)31-47(81-45)58(49)78-38-54(74)70-26-18-14-22-66/h29-36H,13-28,37-40,65-68H2,1-12H3,(H,69,73)(H,70,74)(H,71,75)(H,72,76). The van der Waals surface area contributed by atoms with Gasteiger partial charge in [0, 0.05) is 26.2 Å². The van der Waals surface area contributed by atoms with Gasteiger partial charge >= 0.3 is 0 Å². The summed E-state index contributed by atoms with van der Waals surface area (Å²) in [6.45, 7) is 28.6. The zero-order chi connectivity index (χ0) is 61.8. The zero-order valence-electron chi connectivity index (χ0n) is 52.0. The lowest BCUT2D eigenvalue weighted by Gasteiger charge is -2.28. The molecule has 4 aromatic carbocycles. The van der Waals surface area contributed by atoms with Gasteiger partial charge in [0.05, 0.1) is 39.2 Å². The van der Waals surface area contributed by atoms with Crippen LogP contribution >= 0.6 is 47.0 Å². The zero-order valence-corrected chi connectivity index (χ0v) is 55.2. The summed E-state index contributed by atoms with van der Waals surface area (Å²) in [4.78, 5) is 60.7. The number of unbranched alkanes of at least 4 members (excludes halogenated alkanes) is 4. The van der Waals surface area contributed by atoms with E-state index >= 15 is 0 Å². The molecule has 4 amide bonds. The van der Waals surface area contributed by atoms with Crippen LogP contribution in [0.5, 0.6) is 23.0 Å². The normalized spacial score (nSPS) is 12.8. The Morgan fingerprint density at radius 3 is 0.631 bits per heavy atom. The van der Waals surface area contributed by atoms with Gasteiger partial charge in [0.2, 0.25) is 0 Å². The maximum absolute atomic E-state index is 13.8. The molecule has 1 aliphatic rings. The maximum Gasteiger partial charge on any atom is 0.257 e. The largest absolute Gasteiger partial charge is 0.481 e. The molecule has 0 saturated carbocycles. The van der Waals surface area contributed by atoms with Gasteiger partial charge in [-0.2, -0.15) is 0 Å². The van der Waals surface area contributed by atoms with Crippen LogP contribution in [-0.4, -0.2) is 102 Å². The van der Waals surface area contributed by atoms with Crippen molar-refractivity contribution in [2.45, 2.75) is 195 Å². The summed E-state index contributed by atoms with van der Waals surface area (Å²) in [6.07, 6.45) is 5.97. The number of amides is 4. The first kappa shape index (κ1) is 70.0. The van der Waals surface area contributed by atoms with Crippen LogP contribution in [0.1, 0.15) is 157 Å². The molecule has 0 aromatic heterocycles. The Balaban J connectivity index is 1.96. The summed E-state index contributed by atoms with van der Waals surface area (Å²) in [5, 5.41) is 12.1. The molecule has 0 fully saturated rings. The highest BCUT2D eigenvalue weighted by Gasteiger charge is 2.31. The number of benzene rings is 4. The maximum atomic E-state index is 13.8. The molecule has 0 atom stereocenters. The Morgan fingerprint density at radius 2 is 0.488 bits per heavy atom. The highest BCUT2D eigenvalue weighted by Crippen LogP contribution is 2.56. The van der Waals surface area contributed by atoms with E-state index < -0.39 is 0 Å². The number of rotatable bonds is 28. The minimum atomic E-state index is -0.388. The Bertz CT molecular complexity index is 2380. The molecule has 12 N–H and O–H groups in total. The summed E-state index contributed by atoms with van der Waals surface area (Å²) >= 11 is 5.74. The molecular weight excluding hydrogens is 1140 g/mol. The molecule has 84 heavy (non-hydrogen) atoms. The first-order valence-corrected chi connectivity index (χ1v) is 32.8. The topological polar surface area (TPSA) is 257 Å². The lowest BCUT2D eigenvalue weighted by atomic mass is 9.87. The fourth-order valence-corrected chi connectivity index (χ4v) is 13.2. The number of hydrogen-bond donors (Lipinski definition) is 8. The van der Waals surface area contributed by atoms with Gasteiger partial charge in [-0.3, -0.25) is 19.2 Å². The fraction of sp³-hybridized carbons (Fsp3) is 0.562. The molecule has 464 valence electrons. The molecule has 5 rings (SSSR count). The van der Waals surface area contributed by atoms with Crippen molar-refractivity contribution < 1.29 is 38.1 Å². The Hall–Kier alpha value is -4.80. The van der Waals surface area contributed by atoms with Crippen LogP contribution < -0.4 is 63.1 Å². The van der Waals surface area contributed by atoms with E-state index in [1.807, 2.05) is 0 Å². The average molecular weight is 1230 g/mol. The third kappa shape index (κ3) is 21.9. The van der Waals surface area contributed by atoms with Crippen LogP contribution in [0.25, 0.3) is 0 Å². The van der Waals surface area contributed by atoms with Crippen molar-refractivity contribution in [1.82, 2.24) is 21.3 Å². The quantitative estimate of drug-likeness (QED) is 0.0217. The number of ether oxygens (including phenoxy) is 4. The molecular formula is C64H96N8O8S4. The van der Waals surface area contributed by atoms with Crippen LogP contribution in [0.3, 0.4) is 0 Å². The van der Waals surface area contributed by atoms with Gasteiger partial charge in [0.25, 0.3) is 23.6 Å². The van der Waals surface area contributed by atoms with Crippen LogP contribution in [0.4, 0.5) is 0 Å². The molecule has 0 spiro atoms. The van der Waals surface area contributed by atoms with Crippen molar-refractivity contribution in [2.24, 2.45) is 22.9 Å². The van der Waals surface area contributed by atoms with Crippen molar-refractivity contribution in [3.05, 3.63) is 70.8 Å². The summed E-state index contributed by atoms with van der Waals surface area (Å²) in [5.74, 6) is 0.670. The molecule has 4 aromatic rings. The minimum Gasteiger partial charge on any atom is -0.481 e. The highest BCUT2D eigenvalue weighted by atomic mass is 32.2. The molecule has 0 unspecified atom stereocenters.